The largest absolute Gasteiger partial charge is 0.445 e. The predicted molar refractivity (Wildman–Crippen MR) is 130 cm³/mol. The molecule has 8 nitrogen and oxygen atoms in total. The summed E-state index contributed by atoms with van der Waals surface area (Å²) in [6, 6.07) is 10.9. The van der Waals surface area contributed by atoms with E-state index in [2.05, 4.69) is 10.3 Å². The van der Waals surface area contributed by atoms with Crippen LogP contribution in [0.15, 0.2) is 36.4 Å². The van der Waals surface area contributed by atoms with Crippen molar-refractivity contribution in [1.82, 2.24) is 15.2 Å². The molecule has 1 saturated heterocycles. The molecule has 1 atom stereocenters. The first-order chi connectivity index (χ1) is 16.7. The van der Waals surface area contributed by atoms with Crippen molar-refractivity contribution in [1.29, 1.82) is 0 Å². The Bertz CT molecular complexity index is 1050. The van der Waals surface area contributed by atoms with Crippen LogP contribution in [-0.2, 0) is 28.9 Å². The standard InChI is InChI=1S/C26H33FN4O4/c1-26(2,3)35-25(33)31-13-11-30(12-14-31)23-21(27)16-19-15-20(9-10-22(19)29-23)28-24(32)34-17-18-7-5-4-6-8-18/h4-8,16,20H,9-15,17H2,1-3H3,(H,28,32). The van der Waals surface area contributed by atoms with Crippen LogP contribution in [0.25, 0.3) is 0 Å². The van der Waals surface area contributed by atoms with Crippen LogP contribution in [0.1, 0.15) is 44.0 Å². The molecule has 0 radical (unpaired) electrons. The topological polar surface area (TPSA) is 84.0 Å². The van der Waals surface area contributed by atoms with Crippen LogP contribution in [0, 0.1) is 5.82 Å². The SMILES string of the molecule is CC(C)(C)OC(=O)N1CCN(c2nc3c(cc2F)CC(NC(=O)OCc2ccccc2)CC3)CC1. The molecule has 2 heterocycles. The number of amides is 2. The van der Waals surface area contributed by atoms with E-state index >= 15 is 4.39 Å². The van der Waals surface area contributed by atoms with Gasteiger partial charge < -0.3 is 24.6 Å². The lowest BCUT2D eigenvalue weighted by molar-refractivity contribution is 0.0240. The average molecular weight is 485 g/mol. The normalized spacial score (nSPS) is 18.0. The summed E-state index contributed by atoms with van der Waals surface area (Å²) in [5.41, 5.74) is 2.03. The number of nitrogens with zero attached hydrogens (tertiary/aromatic N) is 3. The maximum atomic E-state index is 15.0. The Balaban J connectivity index is 1.31. The number of pyridine rings is 1. The van der Waals surface area contributed by atoms with Crippen molar-refractivity contribution in [2.75, 3.05) is 31.1 Å². The maximum Gasteiger partial charge on any atom is 0.410 e. The van der Waals surface area contributed by atoms with E-state index in [4.69, 9.17) is 9.47 Å². The predicted octanol–water partition coefficient (Wildman–Crippen LogP) is 4.06. The number of piperazine rings is 1. The first-order valence-corrected chi connectivity index (χ1v) is 12.1. The molecule has 188 valence electrons. The Morgan fingerprint density at radius 2 is 1.86 bits per heavy atom. The van der Waals surface area contributed by atoms with Crippen LogP contribution in [0.5, 0.6) is 0 Å². The number of anilines is 1. The number of hydrogen-bond acceptors (Lipinski definition) is 6. The van der Waals surface area contributed by atoms with Crippen molar-refractivity contribution >= 4 is 18.0 Å². The lowest BCUT2D eigenvalue weighted by Gasteiger charge is -2.36. The van der Waals surface area contributed by atoms with Gasteiger partial charge in [-0.25, -0.2) is 19.0 Å². The van der Waals surface area contributed by atoms with Gasteiger partial charge in [0, 0.05) is 37.9 Å². The highest BCUT2D eigenvalue weighted by molar-refractivity contribution is 5.69. The monoisotopic (exact) mass is 484 g/mol. The van der Waals surface area contributed by atoms with E-state index in [1.807, 2.05) is 56.0 Å². The zero-order chi connectivity index (χ0) is 25.0. The number of rotatable bonds is 4. The summed E-state index contributed by atoms with van der Waals surface area (Å²) in [5.74, 6) is -0.0666. The molecule has 2 aromatic rings. The van der Waals surface area contributed by atoms with Gasteiger partial charge in [-0.05, 0) is 57.2 Å². The van der Waals surface area contributed by atoms with Crippen LogP contribution in [0.4, 0.5) is 19.8 Å². The Morgan fingerprint density at radius 3 is 2.54 bits per heavy atom. The smallest absolute Gasteiger partial charge is 0.410 e. The molecule has 1 unspecified atom stereocenters. The van der Waals surface area contributed by atoms with Crippen LogP contribution >= 0.6 is 0 Å². The summed E-state index contributed by atoms with van der Waals surface area (Å²) in [4.78, 5) is 32.6. The minimum absolute atomic E-state index is 0.129. The number of ether oxygens (including phenoxy) is 2. The van der Waals surface area contributed by atoms with E-state index < -0.39 is 11.7 Å². The second-order valence-corrected chi connectivity index (χ2v) is 10.00. The first kappa shape index (κ1) is 24.8. The maximum absolute atomic E-state index is 15.0. The molecule has 0 spiro atoms. The summed E-state index contributed by atoms with van der Waals surface area (Å²) in [7, 11) is 0. The van der Waals surface area contributed by atoms with Crippen molar-refractivity contribution in [3.05, 3.63) is 59.0 Å². The number of nitrogens with one attached hydrogen (secondary N) is 1. The molecular formula is C26H33FN4O4. The van der Waals surface area contributed by atoms with Gasteiger partial charge in [-0.2, -0.15) is 0 Å². The molecule has 1 aliphatic carbocycles. The van der Waals surface area contributed by atoms with Gasteiger partial charge in [0.15, 0.2) is 11.6 Å². The lowest BCUT2D eigenvalue weighted by atomic mass is 9.91. The molecule has 1 aliphatic heterocycles. The molecule has 1 aromatic heterocycles. The fourth-order valence-electron chi connectivity index (χ4n) is 4.33. The Morgan fingerprint density at radius 1 is 1.14 bits per heavy atom. The van der Waals surface area contributed by atoms with Crippen molar-refractivity contribution in [2.45, 2.75) is 58.3 Å². The lowest BCUT2D eigenvalue weighted by Crippen LogP contribution is -2.50. The third-order valence-corrected chi connectivity index (χ3v) is 6.09. The van der Waals surface area contributed by atoms with Crippen molar-refractivity contribution in [2.24, 2.45) is 0 Å². The minimum atomic E-state index is -0.550. The third kappa shape index (κ3) is 6.61. The van der Waals surface area contributed by atoms with E-state index in [0.29, 0.717) is 51.3 Å². The fraction of sp³-hybridized carbons (Fsp3) is 0.500. The van der Waals surface area contributed by atoms with Gasteiger partial charge in [0.1, 0.15) is 12.2 Å². The summed E-state index contributed by atoms with van der Waals surface area (Å²) < 4.78 is 25.8. The number of alkyl carbamates (subject to hydrolysis) is 1. The van der Waals surface area contributed by atoms with Gasteiger partial charge in [0.25, 0.3) is 0 Å². The minimum Gasteiger partial charge on any atom is -0.445 e. The van der Waals surface area contributed by atoms with Crippen LogP contribution in [0.3, 0.4) is 0 Å². The number of carbonyl (C=O) groups is 2. The zero-order valence-corrected chi connectivity index (χ0v) is 20.6. The molecule has 1 fully saturated rings. The number of fused-ring (bicyclic) bond motifs is 1. The molecule has 4 rings (SSSR count). The van der Waals surface area contributed by atoms with Crippen LogP contribution in [-0.4, -0.2) is 59.9 Å². The Labute approximate surface area is 205 Å². The van der Waals surface area contributed by atoms with E-state index in [0.717, 1.165) is 16.8 Å². The molecule has 2 amide bonds. The number of carbonyl (C=O) groups excluding carboxylic acids is 2. The van der Waals surface area contributed by atoms with Gasteiger partial charge in [-0.15, -0.1) is 0 Å². The third-order valence-electron chi connectivity index (χ3n) is 6.09. The molecular weight excluding hydrogens is 451 g/mol. The molecule has 35 heavy (non-hydrogen) atoms. The second kappa shape index (κ2) is 10.5. The summed E-state index contributed by atoms with van der Waals surface area (Å²) in [5, 5.41) is 2.89. The van der Waals surface area contributed by atoms with Crippen molar-refractivity contribution in [3.8, 4) is 0 Å². The van der Waals surface area contributed by atoms with Crippen LogP contribution in [0.2, 0.25) is 0 Å². The highest BCUT2D eigenvalue weighted by Crippen LogP contribution is 2.27. The average Bonchev–Trinajstić information content (AvgIpc) is 2.82. The van der Waals surface area contributed by atoms with E-state index in [-0.39, 0.29) is 24.6 Å². The summed E-state index contributed by atoms with van der Waals surface area (Å²) >= 11 is 0. The number of halogens is 1. The second-order valence-electron chi connectivity index (χ2n) is 10.00. The molecule has 1 N–H and O–H groups in total. The molecule has 0 bridgehead atoms. The van der Waals surface area contributed by atoms with E-state index in [9.17, 15) is 9.59 Å². The van der Waals surface area contributed by atoms with Gasteiger partial charge in [0.2, 0.25) is 0 Å². The number of hydrogen-bond donors (Lipinski definition) is 1. The van der Waals surface area contributed by atoms with E-state index in [1.165, 1.54) is 6.07 Å². The Hall–Kier alpha value is -3.36. The molecule has 2 aliphatic rings. The zero-order valence-electron chi connectivity index (χ0n) is 20.6. The Kier molecular flexibility index (Phi) is 7.42. The van der Waals surface area contributed by atoms with Gasteiger partial charge in [-0.1, -0.05) is 30.3 Å². The number of aromatic nitrogens is 1. The van der Waals surface area contributed by atoms with Crippen molar-refractivity contribution < 1.29 is 23.5 Å². The molecule has 0 saturated carbocycles. The van der Waals surface area contributed by atoms with Gasteiger partial charge in [-0.3, -0.25) is 0 Å². The van der Waals surface area contributed by atoms with Gasteiger partial charge >= 0.3 is 12.2 Å². The van der Waals surface area contributed by atoms with Gasteiger partial charge in [0.05, 0.1) is 0 Å². The first-order valence-electron chi connectivity index (χ1n) is 12.1. The number of aryl methyl sites for hydroxylation is 1. The number of benzene rings is 1. The summed E-state index contributed by atoms with van der Waals surface area (Å²) in [6.07, 6.45) is 1.03. The quantitative estimate of drug-likeness (QED) is 0.705. The molecule has 9 heteroatoms. The molecule has 1 aromatic carbocycles. The van der Waals surface area contributed by atoms with Crippen LogP contribution < -0.4 is 10.2 Å². The highest BCUT2D eigenvalue weighted by Gasteiger charge is 2.29. The summed E-state index contributed by atoms with van der Waals surface area (Å²) in [6.45, 7) is 7.58. The van der Waals surface area contributed by atoms with E-state index in [1.54, 1.807) is 4.90 Å². The highest BCUT2D eigenvalue weighted by atomic mass is 19.1. The van der Waals surface area contributed by atoms with Crippen molar-refractivity contribution in [3.63, 3.8) is 0 Å². The fourth-order valence-corrected chi connectivity index (χ4v) is 4.33.